The maximum Gasteiger partial charge on any atom is 0.150 e. The molecule has 0 unspecified atom stereocenters. The lowest BCUT2D eigenvalue weighted by Crippen LogP contribution is -1.91. The van der Waals surface area contributed by atoms with Gasteiger partial charge >= 0.3 is 0 Å². The zero-order chi connectivity index (χ0) is 22.3. The number of benzene rings is 2. The quantitative estimate of drug-likeness (QED) is 0.374. The van der Waals surface area contributed by atoms with Crippen LogP contribution in [0.4, 0.5) is 17.1 Å². The molecule has 0 radical (unpaired) electrons. The SMILES string of the molecule is Nc1cccnc1.O=Cc1cccc(Br)c1.O=Cc1cccc(Nc2cccnc2)c1. The molecule has 2 aromatic carbocycles. The summed E-state index contributed by atoms with van der Waals surface area (Å²) in [6, 6.07) is 21.9. The van der Waals surface area contributed by atoms with Gasteiger partial charge in [0.15, 0.2) is 0 Å². The van der Waals surface area contributed by atoms with Gasteiger partial charge < -0.3 is 11.1 Å². The van der Waals surface area contributed by atoms with E-state index in [9.17, 15) is 9.59 Å². The Morgan fingerprint density at radius 3 is 1.84 bits per heavy atom. The smallest absolute Gasteiger partial charge is 0.150 e. The second kappa shape index (κ2) is 13.4. The Hall–Kier alpha value is -3.84. The zero-order valence-corrected chi connectivity index (χ0v) is 18.1. The number of hydrogen-bond acceptors (Lipinski definition) is 6. The van der Waals surface area contributed by atoms with Crippen molar-refractivity contribution in [1.82, 2.24) is 9.97 Å². The summed E-state index contributed by atoms with van der Waals surface area (Å²) >= 11 is 3.24. The number of nitrogens with one attached hydrogen (secondary N) is 1. The van der Waals surface area contributed by atoms with E-state index < -0.39 is 0 Å². The average Bonchev–Trinajstić information content (AvgIpc) is 2.81. The van der Waals surface area contributed by atoms with Gasteiger partial charge in [0, 0.05) is 39.9 Å². The monoisotopic (exact) mass is 476 g/mol. The van der Waals surface area contributed by atoms with Crippen molar-refractivity contribution in [1.29, 1.82) is 0 Å². The van der Waals surface area contributed by atoms with Crippen LogP contribution >= 0.6 is 15.9 Å². The van der Waals surface area contributed by atoms with Crippen molar-refractivity contribution in [2.45, 2.75) is 0 Å². The molecule has 0 aliphatic rings. The standard InChI is InChI=1S/C12H10N2O.C7H5BrO.C5H6N2/c15-9-10-3-1-4-11(7-10)14-12-5-2-6-13-8-12;8-7-3-1-2-6(4-7)5-9;6-5-2-1-3-7-4-5/h1-9,14H;1-5H;1-4H,6H2. The minimum atomic E-state index is 0.656. The van der Waals surface area contributed by atoms with Crippen LogP contribution in [-0.2, 0) is 0 Å². The van der Waals surface area contributed by atoms with Crippen molar-refractivity contribution < 1.29 is 9.59 Å². The highest BCUT2D eigenvalue weighted by Gasteiger charge is 1.95. The van der Waals surface area contributed by atoms with Gasteiger partial charge in [-0.3, -0.25) is 19.6 Å². The number of hydrogen-bond donors (Lipinski definition) is 2. The molecule has 31 heavy (non-hydrogen) atoms. The molecule has 7 heteroatoms. The fourth-order valence-corrected chi connectivity index (χ4v) is 2.67. The van der Waals surface area contributed by atoms with Crippen molar-refractivity contribution in [3.8, 4) is 0 Å². The summed E-state index contributed by atoms with van der Waals surface area (Å²) in [5, 5.41) is 3.16. The van der Waals surface area contributed by atoms with E-state index in [2.05, 4.69) is 31.2 Å². The summed E-state index contributed by atoms with van der Waals surface area (Å²) in [4.78, 5) is 28.5. The van der Waals surface area contributed by atoms with Crippen molar-refractivity contribution >= 4 is 45.6 Å². The molecule has 4 aromatic rings. The van der Waals surface area contributed by atoms with Gasteiger partial charge in [0.1, 0.15) is 12.6 Å². The topological polar surface area (TPSA) is 98.0 Å². The fourth-order valence-electron chi connectivity index (χ4n) is 2.25. The van der Waals surface area contributed by atoms with Gasteiger partial charge in [0.05, 0.1) is 17.6 Å². The number of aldehydes is 2. The lowest BCUT2D eigenvalue weighted by atomic mass is 10.2. The van der Waals surface area contributed by atoms with E-state index in [0.717, 1.165) is 28.4 Å². The highest BCUT2D eigenvalue weighted by Crippen LogP contribution is 2.15. The molecular formula is C24H21BrN4O2. The summed E-state index contributed by atoms with van der Waals surface area (Å²) in [6.07, 6.45) is 8.40. The second-order valence-electron chi connectivity index (χ2n) is 6.07. The molecule has 2 heterocycles. The van der Waals surface area contributed by atoms with Gasteiger partial charge in [-0.05, 0) is 48.5 Å². The zero-order valence-electron chi connectivity index (χ0n) is 16.6. The first-order valence-electron chi connectivity index (χ1n) is 9.19. The van der Waals surface area contributed by atoms with Crippen LogP contribution < -0.4 is 11.1 Å². The number of carbonyl (C=O) groups excluding carboxylic acids is 2. The number of pyridine rings is 2. The van der Waals surface area contributed by atoms with E-state index in [-0.39, 0.29) is 0 Å². The van der Waals surface area contributed by atoms with Crippen LogP contribution in [0.1, 0.15) is 20.7 Å². The predicted molar refractivity (Wildman–Crippen MR) is 128 cm³/mol. The van der Waals surface area contributed by atoms with Gasteiger partial charge in [0.25, 0.3) is 0 Å². The fraction of sp³-hybridized carbons (Fsp3) is 0. The number of halogens is 1. The van der Waals surface area contributed by atoms with Crippen molar-refractivity contribution in [3.05, 3.63) is 113 Å². The molecule has 156 valence electrons. The molecule has 4 rings (SSSR count). The summed E-state index contributed by atoms with van der Waals surface area (Å²) in [7, 11) is 0. The maximum atomic E-state index is 10.6. The summed E-state index contributed by atoms with van der Waals surface area (Å²) < 4.78 is 0.937. The molecule has 0 atom stereocenters. The van der Waals surface area contributed by atoms with Crippen LogP contribution in [0.25, 0.3) is 0 Å². The van der Waals surface area contributed by atoms with E-state index in [4.69, 9.17) is 5.73 Å². The molecule has 6 nitrogen and oxygen atoms in total. The Bertz CT molecular complexity index is 1080. The van der Waals surface area contributed by atoms with Crippen LogP contribution in [0.2, 0.25) is 0 Å². The first-order chi connectivity index (χ1) is 15.1. The Morgan fingerprint density at radius 2 is 1.35 bits per heavy atom. The van der Waals surface area contributed by atoms with Gasteiger partial charge in [0.2, 0.25) is 0 Å². The van der Waals surface area contributed by atoms with E-state index in [1.165, 1.54) is 0 Å². The Morgan fingerprint density at radius 1 is 0.742 bits per heavy atom. The van der Waals surface area contributed by atoms with Gasteiger partial charge in [-0.2, -0.15) is 0 Å². The van der Waals surface area contributed by atoms with Crippen LogP contribution in [-0.4, -0.2) is 22.5 Å². The molecule has 0 aliphatic carbocycles. The molecule has 0 aliphatic heterocycles. The third-order valence-electron chi connectivity index (χ3n) is 3.64. The molecule has 0 saturated carbocycles. The Labute approximate surface area is 189 Å². The number of anilines is 3. The second-order valence-corrected chi connectivity index (χ2v) is 6.98. The van der Waals surface area contributed by atoms with Crippen LogP contribution in [0.5, 0.6) is 0 Å². The molecule has 2 aromatic heterocycles. The molecule has 0 fully saturated rings. The predicted octanol–water partition coefficient (Wildman–Crippen LogP) is 5.56. The highest BCUT2D eigenvalue weighted by molar-refractivity contribution is 9.10. The molecule has 0 amide bonds. The van der Waals surface area contributed by atoms with Crippen molar-refractivity contribution in [2.24, 2.45) is 0 Å². The normalized spacial score (nSPS) is 9.19. The molecule has 3 N–H and O–H groups in total. The van der Waals surface area contributed by atoms with Crippen LogP contribution in [0.3, 0.4) is 0 Å². The largest absolute Gasteiger partial charge is 0.397 e. The van der Waals surface area contributed by atoms with Crippen molar-refractivity contribution in [2.75, 3.05) is 11.1 Å². The molecule has 0 bridgehead atoms. The molecular weight excluding hydrogens is 456 g/mol. The summed E-state index contributed by atoms with van der Waals surface area (Å²) in [5.41, 5.74) is 9.15. The summed E-state index contributed by atoms with van der Waals surface area (Å²) in [5.74, 6) is 0. The third-order valence-corrected chi connectivity index (χ3v) is 4.14. The molecule has 0 saturated heterocycles. The first kappa shape index (κ1) is 23.4. The lowest BCUT2D eigenvalue weighted by Gasteiger charge is -2.05. The minimum absolute atomic E-state index is 0.656. The number of nitrogens with zero attached hydrogens (tertiary/aromatic N) is 2. The van der Waals surface area contributed by atoms with E-state index in [0.29, 0.717) is 16.8 Å². The number of carbonyl (C=O) groups is 2. The maximum absolute atomic E-state index is 10.6. The summed E-state index contributed by atoms with van der Waals surface area (Å²) in [6.45, 7) is 0. The van der Waals surface area contributed by atoms with Crippen LogP contribution in [0.15, 0.2) is 102 Å². The Balaban J connectivity index is 0.000000181. The minimum Gasteiger partial charge on any atom is -0.397 e. The average molecular weight is 477 g/mol. The van der Waals surface area contributed by atoms with E-state index in [1.54, 1.807) is 61.2 Å². The van der Waals surface area contributed by atoms with E-state index in [1.807, 2.05) is 36.4 Å². The Kier molecular flexibility index (Phi) is 10.1. The number of nitrogen functional groups attached to an aromatic ring is 1. The third kappa shape index (κ3) is 9.47. The van der Waals surface area contributed by atoms with Crippen LogP contribution in [0, 0.1) is 0 Å². The lowest BCUT2D eigenvalue weighted by molar-refractivity contribution is 0.111. The van der Waals surface area contributed by atoms with Gasteiger partial charge in [-0.25, -0.2) is 0 Å². The molecule has 0 spiro atoms. The van der Waals surface area contributed by atoms with E-state index >= 15 is 0 Å². The highest BCUT2D eigenvalue weighted by atomic mass is 79.9. The van der Waals surface area contributed by atoms with Gasteiger partial charge in [-0.1, -0.05) is 40.2 Å². The number of nitrogens with two attached hydrogens (primary N) is 1. The van der Waals surface area contributed by atoms with Crippen molar-refractivity contribution in [3.63, 3.8) is 0 Å². The first-order valence-corrected chi connectivity index (χ1v) is 9.98. The number of rotatable bonds is 4. The number of aromatic nitrogens is 2. The van der Waals surface area contributed by atoms with Gasteiger partial charge in [-0.15, -0.1) is 0 Å².